The largest absolute Gasteiger partial charge is 0.344 e. The van der Waals surface area contributed by atoms with E-state index in [9.17, 15) is 9.59 Å². The zero-order valence-corrected chi connectivity index (χ0v) is 14.8. The van der Waals surface area contributed by atoms with Crippen molar-refractivity contribution in [3.63, 3.8) is 0 Å². The van der Waals surface area contributed by atoms with E-state index in [4.69, 9.17) is 0 Å². The van der Waals surface area contributed by atoms with Gasteiger partial charge in [0, 0.05) is 45.7 Å². The lowest BCUT2D eigenvalue weighted by Crippen LogP contribution is -2.39. The minimum Gasteiger partial charge on any atom is -0.344 e. The molecule has 2 aromatic rings. The van der Waals surface area contributed by atoms with Crippen molar-refractivity contribution >= 4 is 11.8 Å². The summed E-state index contributed by atoms with van der Waals surface area (Å²) in [5.41, 5.74) is 2.26. The minimum absolute atomic E-state index is 0.0223. The number of amides is 2. The smallest absolute Gasteiger partial charge is 0.241 e. The highest BCUT2D eigenvalue weighted by Gasteiger charge is 2.32. The molecule has 0 saturated carbocycles. The molecule has 25 heavy (non-hydrogen) atoms. The van der Waals surface area contributed by atoms with E-state index in [2.05, 4.69) is 5.10 Å². The van der Waals surface area contributed by atoms with E-state index in [1.54, 1.807) is 21.5 Å². The van der Waals surface area contributed by atoms with Crippen molar-refractivity contribution in [2.24, 2.45) is 7.05 Å². The molecule has 2 amide bonds. The van der Waals surface area contributed by atoms with Crippen LogP contribution < -0.4 is 0 Å². The van der Waals surface area contributed by atoms with Crippen LogP contribution in [0.2, 0.25) is 0 Å². The minimum atomic E-state index is -0.0223. The predicted octanol–water partition coefficient (Wildman–Crippen LogP) is 1.44. The van der Waals surface area contributed by atoms with E-state index in [1.165, 1.54) is 0 Å². The molecular weight excluding hydrogens is 316 g/mol. The summed E-state index contributed by atoms with van der Waals surface area (Å²) >= 11 is 0. The Kier molecular flexibility index (Phi) is 5.16. The van der Waals surface area contributed by atoms with Gasteiger partial charge in [-0.25, -0.2) is 0 Å². The SMILES string of the molecule is CN(CCc1cnn(C)c1)C(=O)CN1C[C@H](c2ccccc2)CC1=O. The van der Waals surface area contributed by atoms with Gasteiger partial charge < -0.3 is 9.80 Å². The number of carbonyl (C=O) groups excluding carboxylic acids is 2. The van der Waals surface area contributed by atoms with Crippen LogP contribution in [-0.2, 0) is 23.1 Å². The third-order valence-electron chi connectivity index (χ3n) is 4.73. The van der Waals surface area contributed by atoms with Crippen molar-refractivity contribution in [1.82, 2.24) is 19.6 Å². The Morgan fingerprint density at radius 1 is 1.32 bits per heavy atom. The van der Waals surface area contributed by atoms with Crippen molar-refractivity contribution in [1.29, 1.82) is 0 Å². The summed E-state index contributed by atoms with van der Waals surface area (Å²) in [7, 11) is 3.66. The van der Waals surface area contributed by atoms with E-state index in [1.807, 2.05) is 49.8 Å². The molecule has 0 radical (unpaired) electrons. The second kappa shape index (κ2) is 7.51. The molecule has 0 bridgehead atoms. The number of likely N-dealkylation sites (tertiary alicyclic amines) is 1. The fraction of sp³-hybridized carbons (Fsp3) is 0.421. The monoisotopic (exact) mass is 340 g/mol. The molecule has 0 unspecified atom stereocenters. The third kappa shape index (κ3) is 4.26. The van der Waals surface area contributed by atoms with Crippen LogP contribution in [0.15, 0.2) is 42.7 Å². The topological polar surface area (TPSA) is 58.4 Å². The first-order valence-corrected chi connectivity index (χ1v) is 8.57. The number of hydrogen-bond acceptors (Lipinski definition) is 3. The molecule has 1 aliphatic rings. The lowest BCUT2D eigenvalue weighted by Gasteiger charge is -2.22. The Labute approximate surface area is 148 Å². The van der Waals surface area contributed by atoms with Crippen molar-refractivity contribution in [2.45, 2.75) is 18.8 Å². The average Bonchev–Trinajstić information content (AvgIpc) is 3.19. The molecule has 6 heteroatoms. The highest BCUT2D eigenvalue weighted by atomic mass is 16.2. The first-order valence-electron chi connectivity index (χ1n) is 8.57. The maximum absolute atomic E-state index is 12.4. The fourth-order valence-corrected chi connectivity index (χ4v) is 3.18. The quantitative estimate of drug-likeness (QED) is 0.799. The molecule has 0 aliphatic carbocycles. The summed E-state index contributed by atoms with van der Waals surface area (Å²) < 4.78 is 1.75. The molecule has 3 rings (SSSR count). The van der Waals surface area contributed by atoms with Gasteiger partial charge in [0.25, 0.3) is 0 Å². The first-order chi connectivity index (χ1) is 12.0. The molecule has 1 atom stereocenters. The molecule has 1 aromatic heterocycles. The second-order valence-corrected chi connectivity index (χ2v) is 6.67. The molecule has 2 heterocycles. The van der Waals surface area contributed by atoms with E-state index >= 15 is 0 Å². The Bertz CT molecular complexity index is 741. The van der Waals surface area contributed by atoms with Crippen LogP contribution in [-0.4, -0.2) is 58.1 Å². The van der Waals surface area contributed by atoms with Gasteiger partial charge in [-0.15, -0.1) is 0 Å². The van der Waals surface area contributed by atoms with Gasteiger partial charge in [0.1, 0.15) is 0 Å². The molecule has 1 aromatic carbocycles. The number of benzene rings is 1. The number of likely N-dealkylation sites (N-methyl/N-ethyl adjacent to an activating group) is 1. The number of nitrogens with zero attached hydrogens (tertiary/aromatic N) is 4. The van der Waals surface area contributed by atoms with Crippen LogP contribution in [0.1, 0.15) is 23.5 Å². The fourth-order valence-electron chi connectivity index (χ4n) is 3.18. The summed E-state index contributed by atoms with van der Waals surface area (Å²) in [4.78, 5) is 28.0. The molecule has 0 N–H and O–H groups in total. The van der Waals surface area contributed by atoms with Crippen molar-refractivity contribution in [2.75, 3.05) is 26.7 Å². The van der Waals surface area contributed by atoms with E-state index < -0.39 is 0 Å². The van der Waals surface area contributed by atoms with Crippen LogP contribution in [0.5, 0.6) is 0 Å². The Morgan fingerprint density at radius 3 is 2.76 bits per heavy atom. The number of carbonyl (C=O) groups is 2. The lowest BCUT2D eigenvalue weighted by molar-refractivity contribution is -0.137. The molecular formula is C19H24N4O2. The highest BCUT2D eigenvalue weighted by Crippen LogP contribution is 2.27. The standard InChI is InChI=1S/C19H24N4O2/c1-21(9-8-15-11-20-22(2)12-15)19(25)14-23-13-17(10-18(23)24)16-6-4-3-5-7-16/h3-7,11-12,17H,8-10,13-14H2,1-2H3/t17-/m1/s1. The Hall–Kier alpha value is -2.63. The Balaban J connectivity index is 1.51. The van der Waals surface area contributed by atoms with Crippen molar-refractivity contribution < 1.29 is 9.59 Å². The first kappa shape index (κ1) is 17.2. The van der Waals surface area contributed by atoms with Crippen molar-refractivity contribution in [3.05, 3.63) is 53.9 Å². The van der Waals surface area contributed by atoms with Crippen LogP contribution in [0.4, 0.5) is 0 Å². The molecule has 1 aliphatic heterocycles. The van der Waals surface area contributed by atoms with E-state index in [0.29, 0.717) is 19.5 Å². The number of rotatable bonds is 6. The van der Waals surface area contributed by atoms with E-state index in [0.717, 1.165) is 17.5 Å². The summed E-state index contributed by atoms with van der Waals surface area (Å²) in [6.07, 6.45) is 5.01. The number of aromatic nitrogens is 2. The molecule has 1 saturated heterocycles. The summed E-state index contributed by atoms with van der Waals surface area (Å²) in [6.45, 7) is 1.39. The molecule has 132 valence electrons. The van der Waals surface area contributed by atoms with Gasteiger partial charge in [-0.1, -0.05) is 30.3 Å². The van der Waals surface area contributed by atoms with Crippen molar-refractivity contribution in [3.8, 4) is 0 Å². The summed E-state index contributed by atoms with van der Waals surface area (Å²) in [5.74, 6) is 0.219. The van der Waals surface area contributed by atoms with Crippen LogP contribution in [0.25, 0.3) is 0 Å². The van der Waals surface area contributed by atoms with Gasteiger partial charge in [-0.05, 0) is 17.5 Å². The zero-order valence-electron chi connectivity index (χ0n) is 14.8. The maximum atomic E-state index is 12.4. The molecule has 6 nitrogen and oxygen atoms in total. The second-order valence-electron chi connectivity index (χ2n) is 6.67. The number of hydrogen-bond donors (Lipinski definition) is 0. The predicted molar refractivity (Wildman–Crippen MR) is 94.9 cm³/mol. The molecule has 1 fully saturated rings. The lowest BCUT2D eigenvalue weighted by atomic mass is 9.99. The highest BCUT2D eigenvalue weighted by molar-refractivity contribution is 5.86. The van der Waals surface area contributed by atoms with Gasteiger partial charge in [-0.3, -0.25) is 14.3 Å². The summed E-state index contributed by atoms with van der Waals surface area (Å²) in [5, 5.41) is 4.13. The van der Waals surface area contributed by atoms with Gasteiger partial charge in [0.15, 0.2) is 0 Å². The molecule has 0 spiro atoms. The maximum Gasteiger partial charge on any atom is 0.241 e. The van der Waals surface area contributed by atoms with Gasteiger partial charge in [0.2, 0.25) is 11.8 Å². The van der Waals surface area contributed by atoms with Gasteiger partial charge in [0.05, 0.1) is 12.7 Å². The average molecular weight is 340 g/mol. The van der Waals surface area contributed by atoms with Crippen LogP contribution in [0, 0.1) is 0 Å². The van der Waals surface area contributed by atoms with Gasteiger partial charge in [-0.2, -0.15) is 5.10 Å². The Morgan fingerprint density at radius 2 is 2.08 bits per heavy atom. The number of aryl methyl sites for hydroxylation is 1. The zero-order chi connectivity index (χ0) is 17.8. The summed E-state index contributed by atoms with van der Waals surface area (Å²) in [6, 6.07) is 10.0. The third-order valence-corrected chi connectivity index (χ3v) is 4.73. The van der Waals surface area contributed by atoms with Gasteiger partial charge >= 0.3 is 0 Å². The van der Waals surface area contributed by atoms with Crippen LogP contribution >= 0.6 is 0 Å². The van der Waals surface area contributed by atoms with E-state index in [-0.39, 0.29) is 24.3 Å². The van der Waals surface area contributed by atoms with Crippen LogP contribution in [0.3, 0.4) is 0 Å². The normalized spacial score (nSPS) is 17.1.